The third kappa shape index (κ3) is 38.0. The Bertz CT molecular complexity index is 1340. The number of esters is 1. The van der Waals surface area contributed by atoms with Crippen molar-refractivity contribution in [1.82, 2.24) is 0 Å². The van der Waals surface area contributed by atoms with Crippen LogP contribution in [0, 0.1) is 0 Å². The highest BCUT2D eigenvalue weighted by Crippen LogP contribution is 2.47. The van der Waals surface area contributed by atoms with Crippen LogP contribution in [-0.2, 0) is 27.9 Å². The van der Waals surface area contributed by atoms with E-state index in [1.54, 1.807) is 0 Å². The summed E-state index contributed by atoms with van der Waals surface area (Å²) in [5.74, 6) is -0.474. The van der Waals surface area contributed by atoms with Crippen molar-refractivity contribution < 1.29 is 58.3 Å². The number of ether oxygens (including phenoxy) is 2. The number of aliphatic hydroxyl groups is 5. The molecule has 6 N–H and O–H groups in total. The highest BCUT2D eigenvalue weighted by molar-refractivity contribution is 7.47. The molecule has 1 rings (SSSR count). The van der Waals surface area contributed by atoms with Crippen molar-refractivity contribution in [2.24, 2.45) is 0 Å². The fraction of sp³-hybridized carbons (Fsp3) is 0.842. The summed E-state index contributed by atoms with van der Waals surface area (Å²) >= 11 is 0. The van der Waals surface area contributed by atoms with Crippen molar-refractivity contribution in [3.63, 3.8) is 0 Å². The molecule has 410 valence electrons. The topological polar surface area (TPSA) is 192 Å². The van der Waals surface area contributed by atoms with E-state index in [-0.39, 0.29) is 13.0 Å². The van der Waals surface area contributed by atoms with Gasteiger partial charge in [-0.3, -0.25) is 13.8 Å². The summed E-state index contributed by atoms with van der Waals surface area (Å²) in [4.78, 5) is 23.3. The Balaban J connectivity index is 2.28. The Morgan fingerprint density at radius 3 is 1.29 bits per heavy atom. The second-order valence-corrected chi connectivity index (χ2v) is 21.2. The number of allylic oxidation sites excluding steroid dienone is 8. The minimum atomic E-state index is -5.03. The van der Waals surface area contributed by atoms with Gasteiger partial charge in [-0.15, -0.1) is 0 Å². The zero-order valence-corrected chi connectivity index (χ0v) is 45.2. The van der Waals surface area contributed by atoms with Gasteiger partial charge < -0.3 is 39.9 Å². The highest BCUT2D eigenvalue weighted by Gasteiger charge is 2.51. The standard InChI is InChI=1S/C57H105O12P/c1-3-5-7-9-11-13-15-17-19-21-23-24-25-26-27-29-31-33-35-37-39-41-43-45-47-66-48-50(49-67-70(64,65)69-57-55(62)53(60)52(59)54(61)56(57)63)68-51(58)46-44-42-40-38-36-34-32-30-28-22-20-18-16-14-12-10-8-6-4-2/h5,7,11,13,17,19,23-24,50,52-57,59-63H,3-4,6,8-10,12,14-16,18,20-22,25-49H2,1-2H3,(H,64,65)/b7-5-,13-11-,19-17-,24-23-. The molecule has 0 aromatic heterocycles. The van der Waals surface area contributed by atoms with Crippen molar-refractivity contribution in [2.75, 3.05) is 19.8 Å². The summed E-state index contributed by atoms with van der Waals surface area (Å²) in [6.07, 6.45) is 47.5. The van der Waals surface area contributed by atoms with E-state index in [1.165, 1.54) is 148 Å². The maximum atomic E-state index is 12.9. The predicted molar refractivity (Wildman–Crippen MR) is 286 cm³/mol. The van der Waals surface area contributed by atoms with E-state index in [9.17, 15) is 39.8 Å². The van der Waals surface area contributed by atoms with Gasteiger partial charge >= 0.3 is 13.8 Å². The zero-order chi connectivity index (χ0) is 51.2. The quantitative estimate of drug-likeness (QED) is 0.0146. The fourth-order valence-electron chi connectivity index (χ4n) is 8.76. The maximum Gasteiger partial charge on any atom is 0.472 e. The van der Waals surface area contributed by atoms with Crippen LogP contribution in [-0.4, -0.2) is 98.9 Å². The van der Waals surface area contributed by atoms with Gasteiger partial charge in [0.1, 0.15) is 42.7 Å². The average Bonchev–Trinajstić information content (AvgIpc) is 3.35. The molecule has 1 fully saturated rings. The van der Waals surface area contributed by atoms with Crippen molar-refractivity contribution in [2.45, 2.75) is 288 Å². The van der Waals surface area contributed by atoms with E-state index in [2.05, 4.69) is 62.5 Å². The molecule has 12 nitrogen and oxygen atoms in total. The Labute approximate surface area is 426 Å². The lowest BCUT2D eigenvalue weighted by atomic mass is 9.85. The molecule has 0 aromatic rings. The Morgan fingerprint density at radius 2 is 0.843 bits per heavy atom. The van der Waals surface area contributed by atoms with Gasteiger partial charge in [-0.1, -0.05) is 236 Å². The zero-order valence-electron chi connectivity index (χ0n) is 44.3. The minimum absolute atomic E-state index is 0.0767. The normalized spacial score (nSPS) is 21.2. The minimum Gasteiger partial charge on any atom is -0.457 e. The van der Waals surface area contributed by atoms with Gasteiger partial charge in [0.05, 0.1) is 13.2 Å². The molecule has 1 aliphatic carbocycles. The summed E-state index contributed by atoms with van der Waals surface area (Å²) in [5, 5.41) is 50.4. The molecule has 1 saturated carbocycles. The molecule has 13 heteroatoms. The largest absolute Gasteiger partial charge is 0.472 e. The molecule has 0 amide bonds. The van der Waals surface area contributed by atoms with Crippen LogP contribution in [0.3, 0.4) is 0 Å². The Hall–Kier alpha value is -1.70. The smallest absolute Gasteiger partial charge is 0.457 e. The summed E-state index contributed by atoms with van der Waals surface area (Å²) in [6.45, 7) is 4.19. The predicted octanol–water partition coefficient (Wildman–Crippen LogP) is 13.5. The first-order valence-corrected chi connectivity index (χ1v) is 30.0. The van der Waals surface area contributed by atoms with Gasteiger partial charge in [0, 0.05) is 13.0 Å². The first-order valence-electron chi connectivity index (χ1n) is 28.5. The lowest BCUT2D eigenvalue weighted by molar-refractivity contribution is -0.220. The van der Waals surface area contributed by atoms with E-state index in [0.29, 0.717) is 13.0 Å². The number of rotatable bonds is 49. The van der Waals surface area contributed by atoms with Crippen molar-refractivity contribution in [3.8, 4) is 0 Å². The number of hydrogen-bond donors (Lipinski definition) is 6. The number of unbranched alkanes of at least 4 members (excludes halogenated alkanes) is 29. The van der Waals surface area contributed by atoms with E-state index in [0.717, 1.165) is 70.6 Å². The second kappa shape index (κ2) is 47.0. The average molecular weight is 1010 g/mol. The number of carbonyl (C=O) groups is 1. The molecule has 0 heterocycles. The lowest BCUT2D eigenvalue weighted by Gasteiger charge is -2.41. The van der Waals surface area contributed by atoms with Crippen molar-refractivity contribution in [1.29, 1.82) is 0 Å². The van der Waals surface area contributed by atoms with Gasteiger partial charge in [0.2, 0.25) is 0 Å². The highest BCUT2D eigenvalue weighted by atomic mass is 31.2. The molecule has 6 atom stereocenters. The number of phosphoric ester groups is 1. The molecule has 0 radical (unpaired) electrons. The number of carbonyl (C=O) groups excluding carboxylic acids is 1. The fourth-order valence-corrected chi connectivity index (χ4v) is 9.73. The van der Waals surface area contributed by atoms with Gasteiger partial charge in [0.15, 0.2) is 0 Å². The maximum absolute atomic E-state index is 12.9. The van der Waals surface area contributed by atoms with E-state index < -0.39 is 63.1 Å². The first-order chi connectivity index (χ1) is 34.0. The van der Waals surface area contributed by atoms with Gasteiger partial charge in [-0.25, -0.2) is 4.57 Å². The molecule has 1 aliphatic rings. The van der Waals surface area contributed by atoms with Crippen LogP contribution in [0.15, 0.2) is 48.6 Å². The molecule has 0 aromatic carbocycles. The van der Waals surface area contributed by atoms with Gasteiger partial charge in [-0.05, 0) is 51.4 Å². The third-order valence-electron chi connectivity index (χ3n) is 13.2. The molecule has 6 unspecified atom stereocenters. The number of aliphatic hydroxyl groups excluding tert-OH is 5. The second-order valence-electron chi connectivity index (χ2n) is 19.8. The van der Waals surface area contributed by atoms with Gasteiger partial charge in [0.25, 0.3) is 0 Å². The number of phosphoric acid groups is 1. The van der Waals surface area contributed by atoms with Crippen LogP contribution in [0.5, 0.6) is 0 Å². The van der Waals surface area contributed by atoms with E-state index >= 15 is 0 Å². The van der Waals surface area contributed by atoms with Crippen LogP contribution in [0.2, 0.25) is 0 Å². The molecular weight excluding hydrogens is 908 g/mol. The Kier molecular flexibility index (Phi) is 44.6. The van der Waals surface area contributed by atoms with Crippen LogP contribution in [0.4, 0.5) is 0 Å². The molecule has 70 heavy (non-hydrogen) atoms. The molecule has 0 saturated heterocycles. The molecule has 0 spiro atoms. The SMILES string of the molecule is CC/C=C\C/C=C\C/C=C\C/C=C\CCCCCCCCCCCCCOCC(COP(=O)(O)OC1C(O)C(O)C(O)C(O)C1O)OC(=O)CCCCCCCCCCCCCCCCCCCCC. The van der Waals surface area contributed by atoms with Crippen LogP contribution >= 0.6 is 7.82 Å². The Morgan fingerprint density at radius 1 is 0.471 bits per heavy atom. The van der Waals surface area contributed by atoms with E-state index in [1.807, 2.05) is 0 Å². The molecule has 0 bridgehead atoms. The summed E-state index contributed by atoms with van der Waals surface area (Å²) < 4.78 is 34.4. The lowest BCUT2D eigenvalue weighted by Crippen LogP contribution is -2.64. The van der Waals surface area contributed by atoms with Crippen LogP contribution in [0.25, 0.3) is 0 Å². The molecular formula is C57H105O12P. The monoisotopic (exact) mass is 1010 g/mol. The summed E-state index contributed by atoms with van der Waals surface area (Å²) in [5.41, 5.74) is 0. The van der Waals surface area contributed by atoms with Crippen molar-refractivity contribution >= 4 is 13.8 Å². The van der Waals surface area contributed by atoms with Gasteiger partial charge in [-0.2, -0.15) is 0 Å². The van der Waals surface area contributed by atoms with Crippen molar-refractivity contribution in [3.05, 3.63) is 48.6 Å². The van der Waals surface area contributed by atoms with Crippen LogP contribution < -0.4 is 0 Å². The third-order valence-corrected chi connectivity index (χ3v) is 14.2. The molecule has 0 aliphatic heterocycles. The summed E-state index contributed by atoms with van der Waals surface area (Å²) in [7, 11) is -5.03. The van der Waals surface area contributed by atoms with Crippen LogP contribution in [0.1, 0.15) is 245 Å². The summed E-state index contributed by atoms with van der Waals surface area (Å²) in [6, 6.07) is 0. The number of hydrogen-bond acceptors (Lipinski definition) is 11. The first kappa shape index (κ1) is 66.3. The van der Waals surface area contributed by atoms with E-state index in [4.69, 9.17) is 18.5 Å².